The number of ketones is 1. The van der Waals surface area contributed by atoms with E-state index in [0.717, 1.165) is 19.4 Å². The van der Waals surface area contributed by atoms with Crippen molar-refractivity contribution in [2.45, 2.75) is 52.1 Å². The molecule has 29 heavy (non-hydrogen) atoms. The molecule has 4 nitrogen and oxygen atoms in total. The third-order valence-electron chi connectivity index (χ3n) is 5.53. The Hall–Kier alpha value is -2.46. The predicted octanol–water partition coefficient (Wildman–Crippen LogP) is 3.65. The summed E-state index contributed by atoms with van der Waals surface area (Å²) in [5, 5.41) is 3.24. The molecule has 3 rings (SSSR count). The van der Waals surface area contributed by atoms with Gasteiger partial charge in [0.1, 0.15) is 0 Å². The minimum atomic E-state index is -0.445. The van der Waals surface area contributed by atoms with E-state index < -0.39 is 5.41 Å². The van der Waals surface area contributed by atoms with E-state index in [1.807, 2.05) is 57.2 Å². The fraction of sp³-hybridized carbons (Fsp3) is 0.440. The van der Waals surface area contributed by atoms with Crippen LogP contribution >= 0.6 is 0 Å². The Kier molecular flexibility index (Phi) is 6.86. The highest BCUT2D eigenvalue weighted by atomic mass is 16.2. The van der Waals surface area contributed by atoms with Crippen molar-refractivity contribution in [3.63, 3.8) is 0 Å². The number of rotatable bonds is 7. The molecule has 0 aliphatic carbocycles. The number of likely N-dealkylation sites (tertiary alicyclic amines) is 1. The van der Waals surface area contributed by atoms with E-state index in [-0.39, 0.29) is 18.0 Å². The van der Waals surface area contributed by atoms with Crippen molar-refractivity contribution in [2.75, 3.05) is 13.1 Å². The number of Topliss-reactive ketones (excluding diaryl/α,β-unsaturated/α-hetero) is 1. The van der Waals surface area contributed by atoms with E-state index in [9.17, 15) is 9.59 Å². The van der Waals surface area contributed by atoms with Crippen LogP contribution in [-0.2, 0) is 22.4 Å². The zero-order chi connectivity index (χ0) is 20.9. The number of nitrogens with zero attached hydrogens (tertiary/aromatic N) is 1. The van der Waals surface area contributed by atoms with Crippen molar-refractivity contribution in [1.29, 1.82) is 0 Å². The molecule has 0 unspecified atom stereocenters. The molecule has 1 heterocycles. The second kappa shape index (κ2) is 9.36. The van der Waals surface area contributed by atoms with E-state index in [1.165, 1.54) is 11.1 Å². The van der Waals surface area contributed by atoms with Crippen molar-refractivity contribution in [2.24, 2.45) is 5.41 Å². The molecule has 1 amide bonds. The quantitative estimate of drug-likeness (QED) is 0.783. The molecular weight excluding hydrogens is 360 g/mol. The third-order valence-corrected chi connectivity index (χ3v) is 5.53. The molecule has 1 aliphatic rings. The van der Waals surface area contributed by atoms with Gasteiger partial charge in [-0.3, -0.25) is 14.5 Å². The van der Waals surface area contributed by atoms with Crippen LogP contribution in [0.25, 0.3) is 0 Å². The monoisotopic (exact) mass is 392 g/mol. The highest BCUT2D eigenvalue weighted by molar-refractivity contribution is 5.86. The van der Waals surface area contributed by atoms with Gasteiger partial charge in [0.15, 0.2) is 5.78 Å². The number of carbonyl (C=O) groups is 2. The summed E-state index contributed by atoms with van der Waals surface area (Å²) in [5.74, 6) is 0.345. The highest BCUT2D eigenvalue weighted by Gasteiger charge is 2.34. The molecule has 1 N–H and O–H groups in total. The molecule has 1 aliphatic heterocycles. The molecule has 154 valence electrons. The van der Waals surface area contributed by atoms with Crippen LogP contribution in [0.2, 0.25) is 0 Å². The molecule has 0 aromatic heterocycles. The van der Waals surface area contributed by atoms with Crippen LogP contribution in [0.5, 0.6) is 0 Å². The Morgan fingerprint density at radius 3 is 2.21 bits per heavy atom. The Balaban J connectivity index is 1.74. The molecular formula is C25H32N2O2. The van der Waals surface area contributed by atoms with Crippen LogP contribution in [0, 0.1) is 5.41 Å². The van der Waals surface area contributed by atoms with Crippen LogP contribution < -0.4 is 5.32 Å². The first-order chi connectivity index (χ1) is 13.8. The first kappa shape index (κ1) is 21.3. The van der Waals surface area contributed by atoms with Crippen LogP contribution in [0.4, 0.5) is 0 Å². The summed E-state index contributed by atoms with van der Waals surface area (Å²) in [6, 6.07) is 20.3. The van der Waals surface area contributed by atoms with Crippen molar-refractivity contribution in [3.8, 4) is 0 Å². The summed E-state index contributed by atoms with van der Waals surface area (Å²) in [7, 11) is 0. The van der Waals surface area contributed by atoms with Gasteiger partial charge in [-0.2, -0.15) is 0 Å². The summed E-state index contributed by atoms with van der Waals surface area (Å²) in [4.78, 5) is 27.5. The minimum Gasteiger partial charge on any atom is -0.351 e. The molecule has 1 saturated heterocycles. The van der Waals surface area contributed by atoms with Gasteiger partial charge in [-0.15, -0.1) is 0 Å². The molecule has 2 aromatic rings. The smallest absolute Gasteiger partial charge is 0.225 e. The number of hydrogen-bond donors (Lipinski definition) is 1. The standard InChI is InChI=1S/C25H32N2O2/c1-25(2,3)24(29)26-21(16-19-10-6-4-7-11-19)18-27-15-14-23(28)22(27)17-20-12-8-5-9-13-20/h4-13,21-22H,14-18H2,1-3H3,(H,26,29)/t21-,22+/m0/s1. The van der Waals surface area contributed by atoms with Gasteiger partial charge in [0.2, 0.25) is 5.91 Å². The van der Waals surface area contributed by atoms with Crippen LogP contribution in [0.1, 0.15) is 38.3 Å². The van der Waals surface area contributed by atoms with E-state index in [0.29, 0.717) is 18.7 Å². The maximum absolute atomic E-state index is 12.7. The Morgan fingerprint density at radius 2 is 1.62 bits per heavy atom. The average Bonchev–Trinajstić information content (AvgIpc) is 3.02. The molecule has 0 saturated carbocycles. The Bertz CT molecular complexity index is 812. The van der Waals surface area contributed by atoms with Crippen LogP contribution in [0.15, 0.2) is 60.7 Å². The number of amides is 1. The number of hydrogen-bond acceptors (Lipinski definition) is 3. The molecule has 0 radical (unpaired) electrons. The van der Waals surface area contributed by atoms with E-state index >= 15 is 0 Å². The van der Waals surface area contributed by atoms with Crippen molar-refractivity contribution >= 4 is 11.7 Å². The molecule has 2 aromatic carbocycles. The minimum absolute atomic E-state index is 0.0340. The lowest BCUT2D eigenvalue weighted by atomic mass is 9.94. The second-order valence-corrected chi connectivity index (χ2v) is 9.03. The zero-order valence-corrected chi connectivity index (χ0v) is 17.7. The lowest BCUT2D eigenvalue weighted by molar-refractivity contribution is -0.129. The summed E-state index contributed by atoms with van der Waals surface area (Å²) >= 11 is 0. The molecule has 1 fully saturated rings. The number of carbonyl (C=O) groups excluding carboxylic acids is 2. The molecule has 0 bridgehead atoms. The van der Waals surface area contributed by atoms with Crippen molar-refractivity contribution in [3.05, 3.63) is 71.8 Å². The highest BCUT2D eigenvalue weighted by Crippen LogP contribution is 2.20. The normalized spacial score (nSPS) is 18.6. The van der Waals surface area contributed by atoms with Gasteiger partial charge < -0.3 is 5.32 Å². The van der Waals surface area contributed by atoms with Gasteiger partial charge in [-0.25, -0.2) is 0 Å². The maximum Gasteiger partial charge on any atom is 0.225 e. The topological polar surface area (TPSA) is 49.4 Å². The van der Waals surface area contributed by atoms with E-state index in [1.54, 1.807) is 0 Å². The Morgan fingerprint density at radius 1 is 1.03 bits per heavy atom. The van der Waals surface area contributed by atoms with Crippen molar-refractivity contribution in [1.82, 2.24) is 10.2 Å². The molecule has 4 heteroatoms. The summed E-state index contributed by atoms with van der Waals surface area (Å²) in [5.41, 5.74) is 1.92. The fourth-order valence-electron chi connectivity index (χ4n) is 3.82. The zero-order valence-electron chi connectivity index (χ0n) is 17.7. The summed E-state index contributed by atoms with van der Waals surface area (Å²) < 4.78 is 0. The van der Waals surface area contributed by atoms with Gasteiger partial charge >= 0.3 is 0 Å². The summed E-state index contributed by atoms with van der Waals surface area (Å²) in [6.45, 7) is 7.23. The number of benzene rings is 2. The average molecular weight is 393 g/mol. The summed E-state index contributed by atoms with van der Waals surface area (Å²) in [6.07, 6.45) is 2.07. The second-order valence-electron chi connectivity index (χ2n) is 9.03. The van der Waals surface area contributed by atoms with E-state index in [2.05, 4.69) is 34.5 Å². The van der Waals surface area contributed by atoms with Gasteiger partial charge in [0.05, 0.1) is 6.04 Å². The van der Waals surface area contributed by atoms with Gasteiger partial charge in [-0.1, -0.05) is 81.4 Å². The maximum atomic E-state index is 12.7. The van der Waals surface area contributed by atoms with Gasteiger partial charge in [0, 0.05) is 31.0 Å². The molecule has 0 spiro atoms. The van der Waals surface area contributed by atoms with Crippen LogP contribution in [0.3, 0.4) is 0 Å². The van der Waals surface area contributed by atoms with Crippen LogP contribution in [-0.4, -0.2) is 41.8 Å². The van der Waals surface area contributed by atoms with E-state index in [4.69, 9.17) is 0 Å². The SMILES string of the molecule is CC(C)(C)C(=O)N[C@@H](Cc1ccccc1)CN1CCC(=O)[C@H]1Cc1ccccc1. The number of nitrogens with one attached hydrogen (secondary N) is 1. The van der Waals surface area contributed by atoms with Gasteiger partial charge in [0.25, 0.3) is 0 Å². The van der Waals surface area contributed by atoms with Crippen molar-refractivity contribution < 1.29 is 9.59 Å². The van der Waals surface area contributed by atoms with Gasteiger partial charge in [-0.05, 0) is 24.0 Å². The predicted molar refractivity (Wildman–Crippen MR) is 117 cm³/mol. The largest absolute Gasteiger partial charge is 0.351 e. The lowest BCUT2D eigenvalue weighted by Crippen LogP contribution is -2.50. The Labute approximate surface area is 174 Å². The third kappa shape index (κ3) is 6.01. The fourth-order valence-corrected chi connectivity index (χ4v) is 3.82. The first-order valence-corrected chi connectivity index (χ1v) is 10.5. The lowest BCUT2D eigenvalue weighted by Gasteiger charge is -2.31. The molecule has 2 atom stereocenters. The first-order valence-electron chi connectivity index (χ1n) is 10.5.